The largest absolute Gasteiger partial charge is 0.480 e. The van der Waals surface area contributed by atoms with Crippen molar-refractivity contribution in [3.63, 3.8) is 0 Å². The molecule has 1 unspecified atom stereocenters. The molecular weight excluding hydrogens is 262 g/mol. The van der Waals surface area contributed by atoms with Gasteiger partial charge in [-0.1, -0.05) is 36.4 Å². The number of rotatable bonds is 3. The van der Waals surface area contributed by atoms with Gasteiger partial charge in [-0.2, -0.15) is 0 Å². The van der Waals surface area contributed by atoms with Crippen molar-refractivity contribution in [3.05, 3.63) is 59.7 Å². The predicted molar refractivity (Wildman–Crippen MR) is 83.8 cm³/mol. The molecule has 1 heterocycles. The van der Waals surface area contributed by atoms with E-state index in [0.717, 1.165) is 22.6 Å². The third-order valence-electron chi connectivity index (χ3n) is 3.91. The van der Waals surface area contributed by atoms with Crippen LogP contribution in [0.4, 0.5) is 5.69 Å². The molecule has 2 aromatic rings. The van der Waals surface area contributed by atoms with Gasteiger partial charge in [-0.3, -0.25) is 4.79 Å². The summed E-state index contributed by atoms with van der Waals surface area (Å²) in [4.78, 5) is 14.6. The van der Waals surface area contributed by atoms with Crippen LogP contribution in [0, 0.1) is 6.92 Å². The number of ether oxygens (including phenoxy) is 1. The highest BCUT2D eigenvalue weighted by Gasteiger charge is 2.32. The Morgan fingerprint density at radius 2 is 1.90 bits per heavy atom. The molecule has 21 heavy (non-hydrogen) atoms. The number of hydrogen-bond acceptors (Lipinski definition) is 2. The third-order valence-corrected chi connectivity index (χ3v) is 3.91. The molecule has 3 nitrogen and oxygen atoms in total. The second-order valence-corrected chi connectivity index (χ2v) is 5.29. The van der Waals surface area contributed by atoms with Crippen molar-refractivity contribution in [2.75, 3.05) is 11.4 Å². The number of para-hydroxylation sites is 2. The standard InChI is InChI=1S/C18H19NO2/c1-3-19(15-10-6-4-8-13(15)2)18(20)17-12-14-9-5-7-11-16(14)21-17/h4-11,17H,3,12H2,1-2H3. The Morgan fingerprint density at radius 1 is 1.19 bits per heavy atom. The average molecular weight is 281 g/mol. The van der Waals surface area contributed by atoms with Gasteiger partial charge >= 0.3 is 0 Å². The molecule has 2 aromatic carbocycles. The van der Waals surface area contributed by atoms with Crippen LogP contribution in [0.3, 0.4) is 0 Å². The molecule has 3 heteroatoms. The summed E-state index contributed by atoms with van der Waals surface area (Å²) in [6.07, 6.45) is 0.235. The van der Waals surface area contributed by atoms with Gasteiger partial charge in [0.1, 0.15) is 5.75 Å². The van der Waals surface area contributed by atoms with E-state index in [-0.39, 0.29) is 5.91 Å². The predicted octanol–water partition coefficient (Wildman–Crippen LogP) is 3.35. The molecule has 0 aliphatic carbocycles. The normalized spacial score (nSPS) is 16.2. The van der Waals surface area contributed by atoms with Crippen molar-refractivity contribution >= 4 is 11.6 Å². The Morgan fingerprint density at radius 3 is 2.62 bits per heavy atom. The van der Waals surface area contributed by atoms with Crippen molar-refractivity contribution in [1.29, 1.82) is 0 Å². The third kappa shape index (κ3) is 2.51. The van der Waals surface area contributed by atoms with E-state index < -0.39 is 6.10 Å². The Bertz CT molecular complexity index is 641. The van der Waals surface area contributed by atoms with Crippen LogP contribution in [-0.2, 0) is 11.2 Å². The number of carbonyl (C=O) groups is 1. The van der Waals surface area contributed by atoms with E-state index >= 15 is 0 Å². The van der Waals surface area contributed by atoms with Gasteiger partial charge in [0, 0.05) is 18.7 Å². The number of hydrogen-bond donors (Lipinski definition) is 0. The van der Waals surface area contributed by atoms with Crippen molar-refractivity contribution in [3.8, 4) is 5.75 Å². The summed E-state index contributed by atoms with van der Waals surface area (Å²) in [5, 5.41) is 0. The SMILES string of the molecule is CCN(C(=O)C1Cc2ccccc2O1)c1ccccc1C. The molecule has 1 aliphatic heterocycles. The summed E-state index contributed by atoms with van der Waals surface area (Å²) >= 11 is 0. The molecule has 0 saturated carbocycles. The zero-order valence-corrected chi connectivity index (χ0v) is 12.4. The van der Waals surface area contributed by atoms with Crippen LogP contribution in [0.1, 0.15) is 18.1 Å². The van der Waals surface area contributed by atoms with Crippen LogP contribution in [0.25, 0.3) is 0 Å². The zero-order chi connectivity index (χ0) is 14.8. The molecule has 1 aliphatic rings. The lowest BCUT2D eigenvalue weighted by molar-refractivity contribution is -0.124. The summed E-state index contributed by atoms with van der Waals surface area (Å²) in [5.74, 6) is 0.861. The minimum absolute atomic E-state index is 0.0306. The highest BCUT2D eigenvalue weighted by atomic mass is 16.5. The molecule has 0 N–H and O–H groups in total. The van der Waals surface area contributed by atoms with E-state index in [1.165, 1.54) is 0 Å². The van der Waals surface area contributed by atoms with Crippen LogP contribution >= 0.6 is 0 Å². The van der Waals surface area contributed by atoms with E-state index in [9.17, 15) is 4.79 Å². The maximum atomic E-state index is 12.8. The number of likely N-dealkylation sites (N-methyl/N-ethyl adjacent to an activating group) is 1. The van der Waals surface area contributed by atoms with Crippen LogP contribution in [0.15, 0.2) is 48.5 Å². The first kappa shape index (κ1) is 13.7. The second kappa shape index (κ2) is 5.60. The summed E-state index contributed by atoms with van der Waals surface area (Å²) in [7, 11) is 0. The number of amides is 1. The quantitative estimate of drug-likeness (QED) is 0.863. The van der Waals surface area contributed by atoms with E-state index in [1.807, 2.05) is 67.3 Å². The summed E-state index contributed by atoms with van der Waals surface area (Å²) in [5.41, 5.74) is 3.17. The fourth-order valence-electron chi connectivity index (χ4n) is 2.80. The number of aryl methyl sites for hydroxylation is 1. The second-order valence-electron chi connectivity index (χ2n) is 5.29. The number of benzene rings is 2. The van der Waals surface area contributed by atoms with Gasteiger partial charge in [0.15, 0.2) is 6.10 Å². The minimum atomic E-state index is -0.415. The van der Waals surface area contributed by atoms with Crippen molar-refractivity contribution in [2.45, 2.75) is 26.4 Å². The van der Waals surface area contributed by atoms with E-state index in [4.69, 9.17) is 4.74 Å². The zero-order valence-electron chi connectivity index (χ0n) is 12.4. The summed E-state index contributed by atoms with van der Waals surface area (Å²) in [6, 6.07) is 15.8. The molecule has 0 radical (unpaired) electrons. The topological polar surface area (TPSA) is 29.5 Å². The van der Waals surface area contributed by atoms with Crippen molar-refractivity contribution in [2.24, 2.45) is 0 Å². The van der Waals surface area contributed by atoms with Crippen molar-refractivity contribution in [1.82, 2.24) is 0 Å². The van der Waals surface area contributed by atoms with E-state index in [0.29, 0.717) is 13.0 Å². The highest BCUT2D eigenvalue weighted by molar-refractivity contribution is 5.98. The lowest BCUT2D eigenvalue weighted by atomic mass is 10.1. The van der Waals surface area contributed by atoms with Gasteiger partial charge in [0.05, 0.1) is 0 Å². The van der Waals surface area contributed by atoms with E-state index in [2.05, 4.69) is 0 Å². The van der Waals surface area contributed by atoms with Gasteiger partial charge in [0.25, 0.3) is 5.91 Å². The first-order valence-electron chi connectivity index (χ1n) is 7.32. The molecule has 0 bridgehead atoms. The Labute approximate surface area is 125 Å². The maximum Gasteiger partial charge on any atom is 0.268 e. The Hall–Kier alpha value is -2.29. The number of anilines is 1. The maximum absolute atomic E-state index is 12.8. The monoisotopic (exact) mass is 281 g/mol. The van der Waals surface area contributed by atoms with E-state index in [1.54, 1.807) is 0 Å². The van der Waals surface area contributed by atoms with Crippen LogP contribution in [0.2, 0.25) is 0 Å². The molecule has 0 saturated heterocycles. The first-order valence-corrected chi connectivity index (χ1v) is 7.32. The first-order chi connectivity index (χ1) is 10.2. The van der Waals surface area contributed by atoms with Gasteiger partial charge in [-0.25, -0.2) is 0 Å². The number of nitrogens with zero attached hydrogens (tertiary/aromatic N) is 1. The highest BCUT2D eigenvalue weighted by Crippen LogP contribution is 2.30. The summed E-state index contributed by atoms with van der Waals surface area (Å²) < 4.78 is 5.82. The minimum Gasteiger partial charge on any atom is -0.480 e. The van der Waals surface area contributed by atoms with Gasteiger partial charge in [-0.05, 0) is 37.1 Å². The van der Waals surface area contributed by atoms with Crippen LogP contribution in [0.5, 0.6) is 5.75 Å². The Balaban J connectivity index is 1.84. The fourth-order valence-corrected chi connectivity index (χ4v) is 2.80. The lowest BCUT2D eigenvalue weighted by Crippen LogP contribution is -2.41. The molecule has 3 rings (SSSR count). The molecule has 0 fully saturated rings. The molecule has 108 valence electrons. The molecular formula is C18H19NO2. The van der Waals surface area contributed by atoms with Gasteiger partial charge in [-0.15, -0.1) is 0 Å². The molecule has 1 amide bonds. The Kier molecular flexibility index (Phi) is 3.65. The molecule has 1 atom stereocenters. The number of carbonyl (C=O) groups excluding carboxylic acids is 1. The van der Waals surface area contributed by atoms with Crippen LogP contribution < -0.4 is 9.64 Å². The fraction of sp³-hybridized carbons (Fsp3) is 0.278. The average Bonchev–Trinajstić information content (AvgIpc) is 2.93. The van der Waals surface area contributed by atoms with Gasteiger partial charge < -0.3 is 9.64 Å². The smallest absolute Gasteiger partial charge is 0.268 e. The lowest BCUT2D eigenvalue weighted by Gasteiger charge is -2.25. The summed E-state index contributed by atoms with van der Waals surface area (Å²) in [6.45, 7) is 4.65. The molecule has 0 spiro atoms. The number of fused-ring (bicyclic) bond motifs is 1. The molecule has 0 aromatic heterocycles. The van der Waals surface area contributed by atoms with Gasteiger partial charge in [0.2, 0.25) is 0 Å². The van der Waals surface area contributed by atoms with Crippen LogP contribution in [-0.4, -0.2) is 18.6 Å². The van der Waals surface area contributed by atoms with Crippen molar-refractivity contribution < 1.29 is 9.53 Å².